The number of benzene rings is 1. The van der Waals surface area contributed by atoms with Crippen LogP contribution in [0.2, 0.25) is 5.02 Å². The van der Waals surface area contributed by atoms with Gasteiger partial charge in [0.15, 0.2) is 6.61 Å². The molecule has 4 nitrogen and oxygen atoms in total. The van der Waals surface area contributed by atoms with Crippen molar-refractivity contribution in [3.8, 4) is 5.75 Å². The lowest BCUT2D eigenvalue weighted by atomic mass is 10.1. The molecule has 0 aliphatic heterocycles. The van der Waals surface area contributed by atoms with Crippen LogP contribution in [0.1, 0.15) is 11.1 Å². The Labute approximate surface area is 122 Å². The van der Waals surface area contributed by atoms with Crippen LogP contribution < -0.4 is 10.1 Å². The van der Waals surface area contributed by atoms with Gasteiger partial charge in [0.2, 0.25) is 0 Å². The molecule has 5 heteroatoms. The van der Waals surface area contributed by atoms with Gasteiger partial charge in [-0.15, -0.1) is 0 Å². The summed E-state index contributed by atoms with van der Waals surface area (Å²) in [6.07, 6.45) is 3.04. The molecule has 0 spiro atoms. The molecular weight excluding hydrogens is 276 g/mol. The van der Waals surface area contributed by atoms with Gasteiger partial charge in [-0.25, -0.2) is 0 Å². The summed E-state index contributed by atoms with van der Waals surface area (Å²) in [4.78, 5) is 15.7. The number of aryl methyl sites for hydroxylation is 1. The number of carbonyl (C=O) groups excluding carboxylic acids is 1. The second-order valence-corrected chi connectivity index (χ2v) is 4.80. The van der Waals surface area contributed by atoms with Crippen LogP contribution in [0.5, 0.6) is 5.75 Å². The minimum atomic E-state index is -0.265. The zero-order chi connectivity index (χ0) is 14.5. The molecule has 2 rings (SSSR count). The Morgan fingerprint density at radius 1 is 1.35 bits per heavy atom. The maximum atomic E-state index is 11.8. The van der Waals surface area contributed by atoms with Gasteiger partial charge in [0.1, 0.15) is 5.75 Å². The third-order valence-corrected chi connectivity index (χ3v) is 3.26. The van der Waals surface area contributed by atoms with Crippen LogP contribution in [0.15, 0.2) is 36.7 Å². The summed E-state index contributed by atoms with van der Waals surface area (Å²) in [5.74, 6) is 0.444. The SMILES string of the molecule is Cc1cccc(OCC(=O)Nc2ccncc2Cl)c1C. The minimum absolute atomic E-state index is 0.0665. The van der Waals surface area contributed by atoms with E-state index < -0.39 is 0 Å². The fraction of sp³-hybridized carbons (Fsp3) is 0.200. The molecule has 1 aromatic carbocycles. The van der Waals surface area contributed by atoms with E-state index in [-0.39, 0.29) is 12.5 Å². The summed E-state index contributed by atoms with van der Waals surface area (Å²) in [6.45, 7) is 3.89. The highest BCUT2D eigenvalue weighted by Gasteiger charge is 2.08. The van der Waals surface area contributed by atoms with Crippen LogP contribution >= 0.6 is 11.6 Å². The molecule has 0 radical (unpaired) electrons. The Hall–Kier alpha value is -2.07. The molecule has 1 aromatic heterocycles. The van der Waals surface area contributed by atoms with E-state index in [1.807, 2.05) is 32.0 Å². The van der Waals surface area contributed by atoms with E-state index in [1.54, 1.807) is 12.3 Å². The van der Waals surface area contributed by atoms with Crippen LogP contribution in [-0.4, -0.2) is 17.5 Å². The van der Waals surface area contributed by atoms with Crippen LogP contribution in [0, 0.1) is 13.8 Å². The van der Waals surface area contributed by atoms with Crippen LogP contribution in [0.25, 0.3) is 0 Å². The Morgan fingerprint density at radius 3 is 2.90 bits per heavy atom. The summed E-state index contributed by atoms with van der Waals surface area (Å²) in [6, 6.07) is 7.38. The maximum absolute atomic E-state index is 11.8. The number of rotatable bonds is 4. The van der Waals surface area contributed by atoms with Gasteiger partial charge in [-0.05, 0) is 37.1 Å². The fourth-order valence-corrected chi connectivity index (χ4v) is 1.85. The number of hydrogen-bond donors (Lipinski definition) is 1. The first-order chi connectivity index (χ1) is 9.58. The molecule has 2 aromatic rings. The summed E-state index contributed by atoms with van der Waals surface area (Å²) < 4.78 is 5.52. The van der Waals surface area contributed by atoms with Crippen molar-refractivity contribution in [2.24, 2.45) is 0 Å². The van der Waals surface area contributed by atoms with Crippen molar-refractivity contribution in [2.75, 3.05) is 11.9 Å². The van der Waals surface area contributed by atoms with E-state index in [2.05, 4.69) is 10.3 Å². The van der Waals surface area contributed by atoms with Gasteiger partial charge in [0.25, 0.3) is 5.91 Å². The first-order valence-corrected chi connectivity index (χ1v) is 6.54. The number of halogens is 1. The number of nitrogens with one attached hydrogen (secondary N) is 1. The molecule has 0 unspecified atom stereocenters. The lowest BCUT2D eigenvalue weighted by Gasteiger charge is -2.11. The molecule has 0 aliphatic rings. The van der Waals surface area contributed by atoms with Crippen molar-refractivity contribution < 1.29 is 9.53 Å². The van der Waals surface area contributed by atoms with Crippen LogP contribution in [0.4, 0.5) is 5.69 Å². The molecule has 1 heterocycles. The summed E-state index contributed by atoms with van der Waals surface area (Å²) in [7, 11) is 0. The highest BCUT2D eigenvalue weighted by molar-refractivity contribution is 6.33. The first-order valence-electron chi connectivity index (χ1n) is 6.16. The third kappa shape index (κ3) is 3.48. The quantitative estimate of drug-likeness (QED) is 0.939. The monoisotopic (exact) mass is 290 g/mol. The molecule has 0 fully saturated rings. The van der Waals surface area contributed by atoms with Gasteiger partial charge in [-0.2, -0.15) is 0 Å². The number of anilines is 1. The molecular formula is C15H15ClN2O2. The van der Waals surface area contributed by atoms with Crippen LogP contribution in [-0.2, 0) is 4.79 Å². The molecule has 0 saturated heterocycles. The summed E-state index contributed by atoms with van der Waals surface area (Å²) in [5.41, 5.74) is 2.68. The normalized spacial score (nSPS) is 10.2. The van der Waals surface area contributed by atoms with Crippen molar-refractivity contribution in [2.45, 2.75) is 13.8 Å². The summed E-state index contributed by atoms with van der Waals surface area (Å²) in [5, 5.41) is 3.07. The van der Waals surface area contributed by atoms with E-state index in [1.165, 1.54) is 6.20 Å². The standard InChI is InChI=1S/C15H15ClN2O2/c1-10-4-3-5-14(11(10)2)20-9-15(19)18-13-6-7-17-8-12(13)16/h3-8H,9H2,1-2H3,(H,17,18,19). The first kappa shape index (κ1) is 14.3. The lowest BCUT2D eigenvalue weighted by molar-refractivity contribution is -0.118. The Balaban J connectivity index is 1.96. The van der Waals surface area contributed by atoms with Gasteiger partial charge in [0.05, 0.1) is 10.7 Å². The fourth-order valence-electron chi connectivity index (χ4n) is 1.69. The molecule has 20 heavy (non-hydrogen) atoms. The van der Waals surface area contributed by atoms with Gasteiger partial charge in [0, 0.05) is 12.4 Å². The van der Waals surface area contributed by atoms with E-state index in [9.17, 15) is 4.79 Å². The molecule has 1 amide bonds. The average Bonchev–Trinajstić information content (AvgIpc) is 2.43. The zero-order valence-corrected chi connectivity index (χ0v) is 12.1. The lowest BCUT2D eigenvalue weighted by Crippen LogP contribution is -2.20. The van der Waals surface area contributed by atoms with Gasteiger partial charge >= 0.3 is 0 Å². The van der Waals surface area contributed by atoms with Crippen molar-refractivity contribution in [3.05, 3.63) is 52.8 Å². The number of amides is 1. The predicted molar refractivity (Wildman–Crippen MR) is 79.3 cm³/mol. The highest BCUT2D eigenvalue weighted by Crippen LogP contribution is 2.21. The molecule has 0 atom stereocenters. The topological polar surface area (TPSA) is 51.2 Å². The molecule has 104 valence electrons. The molecule has 1 N–H and O–H groups in total. The highest BCUT2D eigenvalue weighted by atomic mass is 35.5. The Kier molecular flexibility index (Phi) is 4.58. The number of ether oxygens (including phenoxy) is 1. The third-order valence-electron chi connectivity index (χ3n) is 2.96. The molecule has 0 aliphatic carbocycles. The average molecular weight is 291 g/mol. The number of pyridine rings is 1. The predicted octanol–water partition coefficient (Wildman–Crippen LogP) is 3.37. The van der Waals surface area contributed by atoms with Gasteiger partial charge in [-0.1, -0.05) is 23.7 Å². The van der Waals surface area contributed by atoms with Gasteiger partial charge < -0.3 is 10.1 Å². The van der Waals surface area contributed by atoms with Gasteiger partial charge in [-0.3, -0.25) is 9.78 Å². The minimum Gasteiger partial charge on any atom is -0.483 e. The second kappa shape index (κ2) is 6.39. The Bertz CT molecular complexity index is 629. The second-order valence-electron chi connectivity index (χ2n) is 4.39. The van der Waals surface area contributed by atoms with Crippen LogP contribution in [0.3, 0.4) is 0 Å². The van der Waals surface area contributed by atoms with Crippen molar-refractivity contribution in [1.82, 2.24) is 4.98 Å². The van der Waals surface area contributed by atoms with Crippen molar-refractivity contribution in [1.29, 1.82) is 0 Å². The van der Waals surface area contributed by atoms with E-state index in [0.29, 0.717) is 16.5 Å². The van der Waals surface area contributed by atoms with E-state index in [0.717, 1.165) is 11.1 Å². The van der Waals surface area contributed by atoms with Crippen molar-refractivity contribution >= 4 is 23.2 Å². The number of hydrogen-bond acceptors (Lipinski definition) is 3. The number of aromatic nitrogens is 1. The maximum Gasteiger partial charge on any atom is 0.262 e. The van der Waals surface area contributed by atoms with E-state index >= 15 is 0 Å². The summed E-state index contributed by atoms with van der Waals surface area (Å²) >= 11 is 5.91. The number of carbonyl (C=O) groups is 1. The zero-order valence-electron chi connectivity index (χ0n) is 11.3. The Morgan fingerprint density at radius 2 is 2.15 bits per heavy atom. The largest absolute Gasteiger partial charge is 0.483 e. The van der Waals surface area contributed by atoms with E-state index in [4.69, 9.17) is 16.3 Å². The number of nitrogens with zero attached hydrogens (tertiary/aromatic N) is 1. The molecule has 0 saturated carbocycles. The molecule has 0 bridgehead atoms. The van der Waals surface area contributed by atoms with Crippen molar-refractivity contribution in [3.63, 3.8) is 0 Å². The smallest absolute Gasteiger partial charge is 0.262 e.